The molecule has 1 aliphatic rings. The van der Waals surface area contributed by atoms with Crippen LogP contribution in [0.25, 0.3) is 0 Å². The van der Waals surface area contributed by atoms with Crippen molar-refractivity contribution in [1.29, 1.82) is 0 Å². The van der Waals surface area contributed by atoms with E-state index in [1.54, 1.807) is 13.2 Å². The van der Waals surface area contributed by atoms with Gasteiger partial charge in [-0.15, -0.1) is 0 Å². The smallest absolute Gasteiger partial charge is 0.320 e. The topological polar surface area (TPSA) is 77.0 Å². The molecule has 1 aliphatic heterocycles. The third-order valence-electron chi connectivity index (χ3n) is 3.32. The number of rotatable bonds is 7. The fourth-order valence-corrected chi connectivity index (χ4v) is 2.27. The third-order valence-corrected chi connectivity index (χ3v) is 3.32. The summed E-state index contributed by atoms with van der Waals surface area (Å²) in [6, 6.07) is 3.00. The number of ether oxygens (including phenoxy) is 3. The van der Waals surface area contributed by atoms with Crippen LogP contribution in [0.4, 0.5) is 0 Å². The molecule has 6 heteroatoms. The van der Waals surface area contributed by atoms with Crippen molar-refractivity contribution in [2.75, 3.05) is 13.9 Å². The van der Waals surface area contributed by atoms with Crippen LogP contribution in [0.5, 0.6) is 17.2 Å². The Kier molecular flexibility index (Phi) is 4.90. The molecule has 0 radical (unpaired) electrons. The zero-order valence-corrected chi connectivity index (χ0v) is 12.5. The molecule has 2 rings (SSSR count). The van der Waals surface area contributed by atoms with Crippen LogP contribution in [0, 0.1) is 5.92 Å². The average molecular weight is 295 g/mol. The zero-order valence-electron chi connectivity index (χ0n) is 12.5. The number of hydrogen-bond donors (Lipinski definition) is 2. The van der Waals surface area contributed by atoms with E-state index in [9.17, 15) is 9.90 Å². The van der Waals surface area contributed by atoms with Gasteiger partial charge >= 0.3 is 5.97 Å². The summed E-state index contributed by atoms with van der Waals surface area (Å²) in [7, 11) is 1.57. The fraction of sp³-hybridized carbons (Fsp3) is 0.533. The summed E-state index contributed by atoms with van der Waals surface area (Å²) in [4.78, 5) is 11.3. The summed E-state index contributed by atoms with van der Waals surface area (Å²) < 4.78 is 16.0. The van der Waals surface area contributed by atoms with Gasteiger partial charge in [0.1, 0.15) is 11.8 Å². The fourth-order valence-electron chi connectivity index (χ4n) is 2.27. The van der Waals surface area contributed by atoms with E-state index in [2.05, 4.69) is 5.32 Å². The summed E-state index contributed by atoms with van der Waals surface area (Å²) >= 11 is 0. The van der Waals surface area contributed by atoms with Gasteiger partial charge in [0, 0.05) is 18.2 Å². The maximum Gasteiger partial charge on any atom is 0.320 e. The van der Waals surface area contributed by atoms with Crippen molar-refractivity contribution < 1.29 is 24.1 Å². The van der Waals surface area contributed by atoms with Gasteiger partial charge in [-0.2, -0.15) is 0 Å². The monoisotopic (exact) mass is 295 g/mol. The Bertz CT molecular complexity index is 515. The van der Waals surface area contributed by atoms with Crippen LogP contribution >= 0.6 is 0 Å². The molecule has 0 aliphatic carbocycles. The van der Waals surface area contributed by atoms with E-state index in [4.69, 9.17) is 14.2 Å². The number of fused-ring (bicyclic) bond motifs is 1. The van der Waals surface area contributed by atoms with E-state index in [-0.39, 0.29) is 6.79 Å². The quantitative estimate of drug-likeness (QED) is 0.801. The lowest BCUT2D eigenvalue weighted by Gasteiger charge is -2.17. The van der Waals surface area contributed by atoms with Gasteiger partial charge in [0.15, 0.2) is 11.5 Å². The van der Waals surface area contributed by atoms with Gasteiger partial charge in [0.05, 0.1) is 7.11 Å². The predicted octanol–water partition coefficient (Wildman–Crippen LogP) is 2.01. The van der Waals surface area contributed by atoms with Crippen LogP contribution < -0.4 is 19.5 Å². The molecule has 0 bridgehead atoms. The normalized spacial score (nSPS) is 14.3. The average Bonchev–Trinajstić information content (AvgIpc) is 2.88. The molecule has 0 saturated carbocycles. The summed E-state index contributed by atoms with van der Waals surface area (Å²) in [5.74, 6) is 1.41. The number of methoxy groups -OCH3 is 1. The molecule has 0 amide bonds. The van der Waals surface area contributed by atoms with Gasteiger partial charge in [0.2, 0.25) is 6.79 Å². The van der Waals surface area contributed by atoms with Crippen molar-refractivity contribution in [3.8, 4) is 17.2 Å². The van der Waals surface area contributed by atoms with Gasteiger partial charge in [0.25, 0.3) is 0 Å². The number of benzene rings is 1. The van der Waals surface area contributed by atoms with Gasteiger partial charge in [-0.1, -0.05) is 13.8 Å². The number of nitrogens with one attached hydrogen (secondary N) is 1. The highest BCUT2D eigenvalue weighted by Crippen LogP contribution is 2.38. The molecule has 116 valence electrons. The second-order valence-corrected chi connectivity index (χ2v) is 5.42. The molecule has 0 saturated heterocycles. The van der Waals surface area contributed by atoms with Gasteiger partial charge in [-0.25, -0.2) is 0 Å². The second-order valence-electron chi connectivity index (χ2n) is 5.42. The lowest BCUT2D eigenvalue weighted by Crippen LogP contribution is -2.37. The van der Waals surface area contributed by atoms with Crippen molar-refractivity contribution in [2.24, 2.45) is 5.92 Å². The Morgan fingerprint density at radius 3 is 2.62 bits per heavy atom. The third kappa shape index (κ3) is 3.78. The maximum atomic E-state index is 11.3. The minimum absolute atomic E-state index is 0.195. The minimum Gasteiger partial charge on any atom is -0.496 e. The first kappa shape index (κ1) is 15.4. The number of carbonyl (C=O) groups is 1. The predicted molar refractivity (Wildman–Crippen MR) is 76.8 cm³/mol. The van der Waals surface area contributed by atoms with E-state index in [0.29, 0.717) is 36.1 Å². The Balaban J connectivity index is 2.09. The molecule has 1 atom stereocenters. The second kappa shape index (κ2) is 6.67. The Labute approximate surface area is 124 Å². The molecule has 0 unspecified atom stereocenters. The van der Waals surface area contributed by atoms with Crippen LogP contribution in [0.3, 0.4) is 0 Å². The van der Waals surface area contributed by atoms with Crippen LogP contribution in [0.2, 0.25) is 0 Å². The molecule has 0 fully saturated rings. The molecule has 1 aromatic rings. The molecular formula is C15H21NO5. The Morgan fingerprint density at radius 1 is 1.38 bits per heavy atom. The lowest BCUT2D eigenvalue weighted by atomic mass is 10.0. The van der Waals surface area contributed by atoms with Crippen LogP contribution in [-0.2, 0) is 11.3 Å². The number of carboxylic acid groups (broad SMARTS) is 1. The summed E-state index contributed by atoms with van der Waals surface area (Å²) in [6.45, 7) is 4.58. The number of carboxylic acids is 1. The standard InChI is InChI=1S/C15H21NO5/c1-9(2)4-11(15(17)18)16-7-10-5-13-14(21-8-20-13)6-12(10)19-3/h5-6,9,11,16H,4,7-8H2,1-3H3,(H,17,18)/t11-/m0/s1. The van der Waals surface area contributed by atoms with Crippen molar-refractivity contribution in [3.05, 3.63) is 17.7 Å². The minimum atomic E-state index is -0.844. The van der Waals surface area contributed by atoms with Crippen molar-refractivity contribution in [2.45, 2.75) is 32.9 Å². The molecule has 0 aromatic heterocycles. The lowest BCUT2D eigenvalue weighted by molar-refractivity contribution is -0.140. The SMILES string of the molecule is COc1cc2c(cc1CN[C@@H](CC(C)C)C(=O)O)OCO2. The van der Waals surface area contributed by atoms with E-state index >= 15 is 0 Å². The van der Waals surface area contributed by atoms with Crippen molar-refractivity contribution in [1.82, 2.24) is 5.32 Å². The zero-order chi connectivity index (χ0) is 15.4. The van der Waals surface area contributed by atoms with Crippen molar-refractivity contribution in [3.63, 3.8) is 0 Å². The molecule has 2 N–H and O–H groups in total. The Morgan fingerprint density at radius 2 is 2.05 bits per heavy atom. The molecule has 0 spiro atoms. The van der Waals surface area contributed by atoms with Crippen LogP contribution in [-0.4, -0.2) is 31.0 Å². The van der Waals surface area contributed by atoms with Gasteiger partial charge in [-0.05, 0) is 18.4 Å². The summed E-state index contributed by atoms with van der Waals surface area (Å²) in [5, 5.41) is 12.3. The van der Waals surface area contributed by atoms with E-state index in [1.165, 1.54) is 0 Å². The van der Waals surface area contributed by atoms with Crippen LogP contribution in [0.1, 0.15) is 25.8 Å². The van der Waals surface area contributed by atoms with E-state index in [1.807, 2.05) is 19.9 Å². The largest absolute Gasteiger partial charge is 0.496 e. The maximum absolute atomic E-state index is 11.3. The van der Waals surface area contributed by atoms with Gasteiger partial charge < -0.3 is 24.6 Å². The molecular weight excluding hydrogens is 274 g/mol. The first-order chi connectivity index (χ1) is 10.0. The molecule has 1 heterocycles. The number of aliphatic carboxylic acids is 1. The van der Waals surface area contributed by atoms with E-state index in [0.717, 1.165) is 5.56 Å². The van der Waals surface area contributed by atoms with Crippen LogP contribution in [0.15, 0.2) is 12.1 Å². The van der Waals surface area contributed by atoms with Gasteiger partial charge in [-0.3, -0.25) is 4.79 Å². The molecule has 21 heavy (non-hydrogen) atoms. The summed E-state index contributed by atoms with van der Waals surface area (Å²) in [5.41, 5.74) is 0.844. The van der Waals surface area contributed by atoms with E-state index < -0.39 is 12.0 Å². The highest BCUT2D eigenvalue weighted by molar-refractivity contribution is 5.73. The first-order valence-electron chi connectivity index (χ1n) is 6.94. The Hall–Kier alpha value is -1.95. The van der Waals surface area contributed by atoms with Crippen molar-refractivity contribution >= 4 is 5.97 Å². The molecule has 1 aromatic carbocycles. The number of hydrogen-bond acceptors (Lipinski definition) is 5. The first-order valence-corrected chi connectivity index (χ1v) is 6.94. The highest BCUT2D eigenvalue weighted by atomic mass is 16.7. The molecule has 6 nitrogen and oxygen atoms in total. The summed E-state index contributed by atoms with van der Waals surface area (Å²) in [6.07, 6.45) is 0.572. The highest BCUT2D eigenvalue weighted by Gasteiger charge is 2.21.